The molecule has 0 radical (unpaired) electrons. The van der Waals surface area contributed by atoms with Crippen LogP contribution in [0.4, 0.5) is 0 Å². The van der Waals surface area contributed by atoms with Gasteiger partial charge >= 0.3 is 0 Å². The second-order valence-corrected chi connectivity index (χ2v) is 14.8. The molecule has 4 atom stereocenters. The van der Waals surface area contributed by atoms with Crippen LogP contribution in [0.25, 0.3) is 0 Å². The Balaban J connectivity index is 3.12. The number of carbonyl (C=O) groups is 1. The van der Waals surface area contributed by atoms with Gasteiger partial charge < -0.3 is 19.0 Å². The first-order chi connectivity index (χ1) is 13.6. The number of rotatable bonds is 10. The number of aliphatic hydroxyl groups is 1. The molecule has 0 aromatic rings. The Morgan fingerprint density at radius 1 is 1.27 bits per heavy atom. The average molecular weight is 446 g/mol. The van der Waals surface area contributed by atoms with Gasteiger partial charge in [0.1, 0.15) is 6.10 Å². The summed E-state index contributed by atoms with van der Waals surface area (Å²) in [4.78, 5) is 18.0. The molecule has 0 aromatic heterocycles. The number of hydrogen-bond acceptors (Lipinski definition) is 6. The lowest BCUT2D eigenvalue weighted by molar-refractivity contribution is -0.187. The van der Waals surface area contributed by atoms with Crippen LogP contribution in [-0.4, -0.2) is 68.8 Å². The first kappa shape index (κ1) is 27.3. The summed E-state index contributed by atoms with van der Waals surface area (Å²) in [5.74, 6) is -1.18. The van der Waals surface area contributed by atoms with Gasteiger partial charge in [0.2, 0.25) is 0 Å². The summed E-state index contributed by atoms with van der Waals surface area (Å²) < 4.78 is 18.9. The Labute approximate surface area is 183 Å². The molecule has 0 aliphatic carbocycles. The van der Waals surface area contributed by atoms with Crippen molar-refractivity contribution in [3.8, 4) is 0 Å². The number of ether oxygens (including phenoxy) is 2. The van der Waals surface area contributed by atoms with Crippen molar-refractivity contribution >= 4 is 14.2 Å². The molecule has 8 heteroatoms. The van der Waals surface area contributed by atoms with Crippen molar-refractivity contribution in [1.82, 2.24) is 5.06 Å². The summed E-state index contributed by atoms with van der Waals surface area (Å²) in [5.41, 5.74) is 0. The van der Waals surface area contributed by atoms with Gasteiger partial charge in [-0.25, -0.2) is 5.06 Å². The standard InChI is InChI=1S/C22H43NO6Si/c1-16(24)14-12-11-13-15-17(29-30(9,10)21(2,3)4)18-19(20(25)23(7)26-8)28-22(5,6)27-18/h11-12,16-19,24H,13-15H2,1-10H3/b12-11+/t16-,17-,18+,19-/m0/s1. The molecule has 0 aromatic carbocycles. The zero-order valence-electron chi connectivity index (χ0n) is 20.5. The van der Waals surface area contributed by atoms with Gasteiger partial charge in [-0.15, -0.1) is 0 Å². The highest BCUT2D eigenvalue weighted by molar-refractivity contribution is 6.74. The van der Waals surface area contributed by atoms with Gasteiger partial charge in [0.05, 0.1) is 19.3 Å². The largest absolute Gasteiger partial charge is 0.411 e. The van der Waals surface area contributed by atoms with E-state index in [1.165, 1.54) is 12.2 Å². The van der Waals surface area contributed by atoms with Gasteiger partial charge in [-0.3, -0.25) is 9.63 Å². The van der Waals surface area contributed by atoms with Crippen LogP contribution in [0.5, 0.6) is 0 Å². The highest BCUT2D eigenvalue weighted by Crippen LogP contribution is 2.41. The maximum Gasteiger partial charge on any atom is 0.277 e. The third kappa shape index (κ3) is 7.73. The first-order valence-corrected chi connectivity index (χ1v) is 13.7. The SMILES string of the molecule is CON(C)C(=O)[C@H]1OC(C)(C)O[C@@H]1[C@H](CC/C=C/C[C@H](C)O)O[Si](C)(C)C(C)(C)C. The van der Waals surface area contributed by atoms with E-state index in [0.717, 1.165) is 6.42 Å². The Bertz CT molecular complexity index is 585. The summed E-state index contributed by atoms with van der Waals surface area (Å²) in [6.45, 7) is 16.4. The van der Waals surface area contributed by atoms with E-state index >= 15 is 0 Å². The Morgan fingerprint density at radius 3 is 2.37 bits per heavy atom. The van der Waals surface area contributed by atoms with E-state index in [0.29, 0.717) is 12.8 Å². The van der Waals surface area contributed by atoms with E-state index in [-0.39, 0.29) is 23.2 Å². The van der Waals surface area contributed by atoms with Gasteiger partial charge in [0, 0.05) is 7.05 Å². The van der Waals surface area contributed by atoms with Crippen LogP contribution < -0.4 is 0 Å². The molecule has 1 N–H and O–H groups in total. The van der Waals surface area contributed by atoms with Crippen molar-refractivity contribution < 1.29 is 28.6 Å². The number of hydroxylamine groups is 2. The number of allylic oxidation sites excluding steroid dienone is 1. The molecule has 1 fully saturated rings. The van der Waals surface area contributed by atoms with Crippen molar-refractivity contribution in [1.29, 1.82) is 0 Å². The number of aliphatic hydroxyl groups excluding tert-OH is 1. The van der Waals surface area contributed by atoms with E-state index in [2.05, 4.69) is 33.9 Å². The van der Waals surface area contributed by atoms with Gasteiger partial charge in [0.15, 0.2) is 20.2 Å². The van der Waals surface area contributed by atoms with Crippen molar-refractivity contribution in [2.24, 2.45) is 0 Å². The predicted molar refractivity (Wildman–Crippen MR) is 120 cm³/mol. The molecule has 1 saturated heterocycles. The monoisotopic (exact) mass is 445 g/mol. The van der Waals surface area contributed by atoms with Crippen LogP contribution in [0.15, 0.2) is 12.2 Å². The number of nitrogens with zero attached hydrogens (tertiary/aromatic N) is 1. The van der Waals surface area contributed by atoms with Crippen molar-refractivity contribution in [3.63, 3.8) is 0 Å². The van der Waals surface area contributed by atoms with Gasteiger partial charge in [-0.1, -0.05) is 32.9 Å². The van der Waals surface area contributed by atoms with E-state index in [9.17, 15) is 9.90 Å². The molecule has 7 nitrogen and oxygen atoms in total. The fraction of sp³-hybridized carbons (Fsp3) is 0.864. The summed E-state index contributed by atoms with van der Waals surface area (Å²) in [6, 6.07) is 0. The molecule has 0 spiro atoms. The molecule has 176 valence electrons. The van der Waals surface area contributed by atoms with Crippen LogP contribution in [0.3, 0.4) is 0 Å². The molecular weight excluding hydrogens is 402 g/mol. The highest BCUT2D eigenvalue weighted by Gasteiger charge is 2.52. The fourth-order valence-corrected chi connectivity index (χ4v) is 4.40. The van der Waals surface area contributed by atoms with Crippen molar-refractivity contribution in [2.45, 2.75) is 109 Å². The topological polar surface area (TPSA) is 77.5 Å². The minimum Gasteiger partial charge on any atom is -0.411 e. The van der Waals surface area contributed by atoms with Gasteiger partial charge in [-0.05, 0) is 58.2 Å². The van der Waals surface area contributed by atoms with Crippen LogP contribution >= 0.6 is 0 Å². The Hall–Kier alpha value is -0.773. The zero-order valence-corrected chi connectivity index (χ0v) is 21.5. The molecule has 0 unspecified atom stereocenters. The third-order valence-electron chi connectivity index (χ3n) is 5.84. The second-order valence-electron chi connectivity index (χ2n) is 10.1. The van der Waals surface area contributed by atoms with Crippen LogP contribution in [-0.2, 0) is 23.5 Å². The van der Waals surface area contributed by atoms with E-state index in [4.69, 9.17) is 18.7 Å². The molecule has 1 rings (SSSR count). The molecule has 0 saturated carbocycles. The van der Waals surface area contributed by atoms with E-state index in [1.807, 2.05) is 26.0 Å². The third-order valence-corrected chi connectivity index (χ3v) is 10.3. The lowest BCUT2D eigenvalue weighted by atomic mass is 10.0. The Kier molecular flexibility index (Phi) is 9.72. The minimum atomic E-state index is -2.12. The van der Waals surface area contributed by atoms with Crippen molar-refractivity contribution in [2.75, 3.05) is 14.2 Å². The highest BCUT2D eigenvalue weighted by atomic mass is 28.4. The smallest absolute Gasteiger partial charge is 0.277 e. The zero-order chi connectivity index (χ0) is 23.3. The van der Waals surface area contributed by atoms with Crippen LogP contribution in [0.2, 0.25) is 18.1 Å². The maximum absolute atomic E-state index is 12.9. The molecule has 1 heterocycles. The average Bonchev–Trinajstić information content (AvgIpc) is 2.93. The normalized spacial score (nSPS) is 24.2. The lowest BCUT2D eigenvalue weighted by Crippen LogP contribution is -2.52. The quantitative estimate of drug-likeness (QED) is 0.311. The minimum absolute atomic E-state index is 0.0191. The lowest BCUT2D eigenvalue weighted by Gasteiger charge is -2.41. The molecule has 0 bridgehead atoms. The number of amides is 1. The predicted octanol–water partition coefficient (Wildman–Crippen LogP) is 4.02. The number of carbonyl (C=O) groups excluding carboxylic acids is 1. The molecule has 1 aliphatic heterocycles. The van der Waals surface area contributed by atoms with E-state index in [1.54, 1.807) is 14.0 Å². The van der Waals surface area contributed by atoms with Gasteiger partial charge in [-0.2, -0.15) is 0 Å². The molecule has 30 heavy (non-hydrogen) atoms. The van der Waals surface area contributed by atoms with Crippen LogP contribution in [0, 0.1) is 0 Å². The fourth-order valence-electron chi connectivity index (χ4n) is 3.04. The van der Waals surface area contributed by atoms with Crippen LogP contribution in [0.1, 0.15) is 60.8 Å². The number of likely N-dealkylation sites (N-methyl/N-ethyl adjacent to an activating group) is 1. The summed E-state index contributed by atoms with van der Waals surface area (Å²) >= 11 is 0. The van der Waals surface area contributed by atoms with Gasteiger partial charge in [0.25, 0.3) is 5.91 Å². The first-order valence-electron chi connectivity index (χ1n) is 10.8. The summed E-state index contributed by atoms with van der Waals surface area (Å²) in [5, 5.41) is 10.6. The molecule has 1 aliphatic rings. The van der Waals surface area contributed by atoms with E-state index < -0.39 is 26.3 Å². The summed E-state index contributed by atoms with van der Waals surface area (Å²) in [6.07, 6.45) is 4.08. The van der Waals surface area contributed by atoms with Crippen molar-refractivity contribution in [3.05, 3.63) is 12.2 Å². The molecule has 1 amide bonds. The number of hydrogen-bond donors (Lipinski definition) is 1. The summed E-state index contributed by atoms with van der Waals surface area (Å²) in [7, 11) is 0.891. The maximum atomic E-state index is 12.9. The molecular formula is C22H43NO6Si. The Morgan fingerprint density at radius 2 is 1.87 bits per heavy atom. The second kappa shape index (κ2) is 10.7.